The third kappa shape index (κ3) is 6.45. The maximum absolute atomic E-state index is 5.68. The third-order valence-corrected chi connectivity index (χ3v) is 3.93. The van der Waals surface area contributed by atoms with Crippen molar-refractivity contribution in [2.45, 2.75) is 39.7 Å². The molecule has 1 fully saturated rings. The van der Waals surface area contributed by atoms with Gasteiger partial charge in [-0.3, -0.25) is 5.43 Å². The molecule has 1 saturated heterocycles. The van der Waals surface area contributed by atoms with E-state index in [0.29, 0.717) is 11.0 Å². The summed E-state index contributed by atoms with van der Waals surface area (Å²) in [5, 5.41) is 7.98. The number of hydrogen-bond donors (Lipinski definition) is 2. The van der Waals surface area contributed by atoms with Crippen LogP contribution in [0.5, 0.6) is 5.75 Å². The lowest BCUT2D eigenvalue weighted by molar-refractivity contribution is 0.114. The van der Waals surface area contributed by atoms with Crippen molar-refractivity contribution in [3.05, 3.63) is 29.8 Å². The number of nitrogens with zero attached hydrogens (tertiary/aromatic N) is 1. The van der Waals surface area contributed by atoms with Crippen LogP contribution in [0, 0.1) is 5.92 Å². The summed E-state index contributed by atoms with van der Waals surface area (Å²) < 4.78 is 11.2. The molecule has 1 aliphatic rings. The number of rotatable bonds is 7. The Kier molecular flexibility index (Phi) is 7.46. The maximum atomic E-state index is 5.68. The predicted molar refractivity (Wildman–Crippen MR) is 102 cm³/mol. The van der Waals surface area contributed by atoms with Crippen LogP contribution in [0.3, 0.4) is 0 Å². The minimum Gasteiger partial charge on any atom is -0.493 e. The van der Waals surface area contributed by atoms with E-state index in [1.807, 2.05) is 31.2 Å². The van der Waals surface area contributed by atoms with Crippen LogP contribution < -0.4 is 15.5 Å². The van der Waals surface area contributed by atoms with Gasteiger partial charge in [-0.15, -0.1) is 0 Å². The SMILES string of the molecule is C/C(=N/NC(=S)NC[C@H]1CCCO1)c1ccc(OCC(C)C)cc1. The molecule has 132 valence electrons. The minimum atomic E-state index is 0.258. The Labute approximate surface area is 149 Å². The van der Waals surface area contributed by atoms with Crippen molar-refractivity contribution in [3.8, 4) is 5.75 Å². The Hall–Kier alpha value is -1.66. The van der Waals surface area contributed by atoms with E-state index in [0.717, 1.165) is 49.6 Å². The number of hydrazone groups is 1. The molecule has 0 unspecified atom stereocenters. The summed E-state index contributed by atoms with van der Waals surface area (Å²) in [5.74, 6) is 1.39. The lowest BCUT2D eigenvalue weighted by atomic mass is 10.1. The number of hydrogen-bond acceptors (Lipinski definition) is 4. The summed E-state index contributed by atoms with van der Waals surface area (Å²) in [5.41, 5.74) is 4.78. The molecule has 0 spiro atoms. The van der Waals surface area contributed by atoms with Crippen LogP contribution >= 0.6 is 12.2 Å². The van der Waals surface area contributed by atoms with Crippen LogP contribution in [0.25, 0.3) is 0 Å². The molecule has 0 aromatic heterocycles. The first-order chi connectivity index (χ1) is 11.5. The van der Waals surface area contributed by atoms with E-state index in [1.165, 1.54) is 0 Å². The summed E-state index contributed by atoms with van der Waals surface area (Å²) in [6, 6.07) is 7.92. The van der Waals surface area contributed by atoms with Crippen LogP contribution in [-0.4, -0.2) is 36.7 Å². The Morgan fingerprint density at radius 2 is 2.12 bits per heavy atom. The predicted octanol–water partition coefficient (Wildman–Crippen LogP) is 3.09. The summed E-state index contributed by atoms with van der Waals surface area (Å²) in [6.45, 7) is 8.50. The number of ether oxygens (including phenoxy) is 2. The highest BCUT2D eigenvalue weighted by atomic mass is 32.1. The number of benzene rings is 1. The summed E-state index contributed by atoms with van der Waals surface area (Å²) >= 11 is 5.23. The highest BCUT2D eigenvalue weighted by Gasteiger charge is 2.15. The molecule has 6 heteroatoms. The normalized spacial score (nSPS) is 17.8. The van der Waals surface area contributed by atoms with Gasteiger partial charge in [0, 0.05) is 13.2 Å². The van der Waals surface area contributed by atoms with E-state index < -0.39 is 0 Å². The standard InChI is InChI=1S/C18H27N3O2S/c1-13(2)12-23-16-8-6-15(7-9-16)14(3)20-21-18(24)19-11-17-5-4-10-22-17/h6-9,13,17H,4-5,10-12H2,1-3H3,(H2,19,21,24)/b20-14-/t17-/m1/s1. The van der Waals surface area contributed by atoms with Crippen molar-refractivity contribution >= 4 is 23.0 Å². The van der Waals surface area contributed by atoms with Crippen LogP contribution in [0.15, 0.2) is 29.4 Å². The van der Waals surface area contributed by atoms with Gasteiger partial charge in [-0.1, -0.05) is 13.8 Å². The third-order valence-electron chi connectivity index (χ3n) is 3.69. The first kappa shape index (κ1) is 18.7. The van der Waals surface area contributed by atoms with Gasteiger partial charge in [-0.25, -0.2) is 0 Å². The van der Waals surface area contributed by atoms with E-state index in [-0.39, 0.29) is 6.10 Å². The van der Waals surface area contributed by atoms with Crippen molar-refractivity contribution in [2.24, 2.45) is 11.0 Å². The van der Waals surface area contributed by atoms with Crippen molar-refractivity contribution in [1.29, 1.82) is 0 Å². The lowest BCUT2D eigenvalue weighted by Gasteiger charge is -2.12. The van der Waals surface area contributed by atoms with E-state index in [9.17, 15) is 0 Å². The van der Waals surface area contributed by atoms with Gasteiger partial charge in [-0.05, 0) is 67.7 Å². The molecule has 5 nitrogen and oxygen atoms in total. The lowest BCUT2D eigenvalue weighted by Crippen LogP contribution is -2.37. The molecule has 0 amide bonds. The highest BCUT2D eigenvalue weighted by Crippen LogP contribution is 2.14. The smallest absolute Gasteiger partial charge is 0.187 e. The molecule has 0 radical (unpaired) electrons. The molecule has 1 atom stereocenters. The fraction of sp³-hybridized carbons (Fsp3) is 0.556. The Balaban J connectivity index is 1.78. The van der Waals surface area contributed by atoms with Crippen LogP contribution in [-0.2, 0) is 4.74 Å². The monoisotopic (exact) mass is 349 g/mol. The average Bonchev–Trinajstić information content (AvgIpc) is 3.10. The molecular weight excluding hydrogens is 322 g/mol. The van der Waals surface area contributed by atoms with E-state index in [1.54, 1.807) is 0 Å². The second-order valence-electron chi connectivity index (χ2n) is 6.38. The topological polar surface area (TPSA) is 54.9 Å². The molecule has 2 N–H and O–H groups in total. The largest absolute Gasteiger partial charge is 0.493 e. The van der Waals surface area contributed by atoms with Gasteiger partial charge < -0.3 is 14.8 Å². The molecule has 0 bridgehead atoms. The fourth-order valence-corrected chi connectivity index (χ4v) is 2.43. The summed E-state index contributed by atoms with van der Waals surface area (Å²) in [7, 11) is 0. The molecule has 1 heterocycles. The van der Waals surface area contributed by atoms with Gasteiger partial charge in [-0.2, -0.15) is 5.10 Å². The van der Waals surface area contributed by atoms with E-state index >= 15 is 0 Å². The van der Waals surface area contributed by atoms with Crippen molar-refractivity contribution in [1.82, 2.24) is 10.7 Å². The molecular formula is C18H27N3O2S. The minimum absolute atomic E-state index is 0.258. The number of nitrogens with one attached hydrogen (secondary N) is 2. The first-order valence-corrected chi connectivity index (χ1v) is 8.88. The molecule has 1 aromatic rings. The van der Waals surface area contributed by atoms with Crippen molar-refractivity contribution < 1.29 is 9.47 Å². The molecule has 1 aromatic carbocycles. The zero-order valence-corrected chi connectivity index (χ0v) is 15.5. The van der Waals surface area contributed by atoms with Gasteiger partial charge in [0.05, 0.1) is 18.4 Å². The maximum Gasteiger partial charge on any atom is 0.187 e. The van der Waals surface area contributed by atoms with Crippen molar-refractivity contribution in [3.63, 3.8) is 0 Å². The quantitative estimate of drug-likeness (QED) is 0.450. The van der Waals surface area contributed by atoms with Gasteiger partial charge in [0.1, 0.15) is 5.75 Å². The van der Waals surface area contributed by atoms with Crippen LogP contribution in [0.4, 0.5) is 0 Å². The zero-order chi connectivity index (χ0) is 17.4. The van der Waals surface area contributed by atoms with Gasteiger partial charge in [0.25, 0.3) is 0 Å². The Morgan fingerprint density at radius 1 is 1.38 bits per heavy atom. The van der Waals surface area contributed by atoms with Crippen LogP contribution in [0.2, 0.25) is 0 Å². The van der Waals surface area contributed by atoms with Gasteiger partial charge in [0.2, 0.25) is 0 Å². The average molecular weight is 350 g/mol. The molecule has 0 saturated carbocycles. The Morgan fingerprint density at radius 3 is 2.75 bits per heavy atom. The molecule has 24 heavy (non-hydrogen) atoms. The summed E-state index contributed by atoms with van der Waals surface area (Å²) in [6.07, 6.45) is 2.47. The van der Waals surface area contributed by atoms with Crippen LogP contribution in [0.1, 0.15) is 39.2 Å². The van der Waals surface area contributed by atoms with Crippen molar-refractivity contribution in [2.75, 3.05) is 19.8 Å². The van der Waals surface area contributed by atoms with Gasteiger partial charge >= 0.3 is 0 Å². The summed E-state index contributed by atoms with van der Waals surface area (Å²) in [4.78, 5) is 0. The first-order valence-electron chi connectivity index (χ1n) is 8.47. The van der Waals surface area contributed by atoms with E-state index in [2.05, 4.69) is 29.7 Å². The fourth-order valence-electron chi connectivity index (χ4n) is 2.31. The van der Waals surface area contributed by atoms with E-state index in [4.69, 9.17) is 21.7 Å². The molecule has 2 rings (SSSR count). The molecule has 0 aliphatic carbocycles. The number of thiocarbonyl (C=S) groups is 1. The zero-order valence-electron chi connectivity index (χ0n) is 14.7. The molecule has 1 aliphatic heterocycles. The highest BCUT2D eigenvalue weighted by molar-refractivity contribution is 7.80. The van der Waals surface area contributed by atoms with Gasteiger partial charge in [0.15, 0.2) is 5.11 Å². The second kappa shape index (κ2) is 9.59. The Bertz CT molecular complexity index is 552. The second-order valence-corrected chi connectivity index (χ2v) is 6.79.